The van der Waals surface area contributed by atoms with E-state index in [2.05, 4.69) is 0 Å². The highest BCUT2D eigenvalue weighted by Crippen LogP contribution is 2.23. The molecule has 0 spiro atoms. The van der Waals surface area contributed by atoms with E-state index in [4.69, 9.17) is 16.3 Å². The highest BCUT2D eigenvalue weighted by molar-refractivity contribution is 6.32. The number of halogens is 1. The minimum absolute atomic E-state index is 0.456. The van der Waals surface area contributed by atoms with Crippen LogP contribution in [0.4, 0.5) is 0 Å². The quantitative estimate of drug-likeness (QED) is 0.511. The molecule has 0 aliphatic rings. The second-order valence-corrected chi connectivity index (χ2v) is 2.42. The second-order valence-electron chi connectivity index (χ2n) is 2.01. The fourth-order valence-electron chi connectivity index (χ4n) is 0.756. The Balaban J connectivity index is 3.09. The summed E-state index contributed by atoms with van der Waals surface area (Å²) in [6.45, 7) is 0. The molecule has 0 heterocycles. The van der Waals surface area contributed by atoms with Gasteiger partial charge in [-0.25, -0.2) is 0 Å². The van der Waals surface area contributed by atoms with Crippen LogP contribution in [0, 0.1) is 0 Å². The molecular formula is C8H7ClO2. The lowest BCUT2D eigenvalue weighted by Crippen LogP contribution is -1.85. The Morgan fingerprint density at radius 2 is 2.27 bits per heavy atom. The number of rotatable bonds is 2. The average molecular weight is 178 g/mol. The van der Waals surface area contributed by atoms with Gasteiger partial charge in [0.05, 0.1) is 12.1 Å². The number of aldehydes is 1. The van der Waals surface area contributed by atoms with E-state index < -0.39 is 0 Å². The molecule has 0 bridgehead atoms. The van der Waals surface area contributed by atoms with Gasteiger partial charge in [0.1, 0.15) is 12.0 Å². The lowest BCUT2D eigenvalue weighted by molar-refractivity contribution is 0.112. The van der Waals surface area contributed by atoms with Crippen LogP contribution in [0.5, 0.6) is 5.75 Å². The molecule has 0 atom stereocenters. The Bertz CT molecular complexity index is 271. The van der Waals surface area contributed by atoms with Crippen molar-refractivity contribution < 1.29 is 9.53 Å². The number of hydrogen-bond acceptors (Lipinski definition) is 2. The van der Waals surface area contributed by atoms with E-state index in [-0.39, 0.29) is 0 Å². The summed E-state index contributed by atoms with van der Waals surface area (Å²) in [5.41, 5.74) is 0.552. The molecule has 0 saturated carbocycles. The maximum atomic E-state index is 10.3. The van der Waals surface area contributed by atoms with Gasteiger partial charge in [0.2, 0.25) is 0 Å². The van der Waals surface area contributed by atoms with Crippen molar-refractivity contribution in [1.29, 1.82) is 0 Å². The summed E-state index contributed by atoms with van der Waals surface area (Å²) in [5, 5.41) is 0.456. The molecule has 0 amide bonds. The first kappa shape index (κ1) is 8.08. The third kappa shape index (κ3) is 1.71. The molecule has 2 nitrogen and oxygen atoms in total. The van der Waals surface area contributed by atoms with Crippen molar-refractivity contribution in [2.75, 3.05) is 7.11 Å². The number of ether oxygens (including phenoxy) is 1. The van der Waals surface area contributed by atoms with Gasteiger partial charge in [-0.1, -0.05) is 11.6 Å². The largest absolute Gasteiger partial charge is 0.495 e. The van der Waals surface area contributed by atoms with Crippen LogP contribution in [0.1, 0.15) is 10.4 Å². The Morgan fingerprint density at radius 1 is 1.55 bits per heavy atom. The van der Waals surface area contributed by atoms with Crippen LogP contribution < -0.4 is 4.74 Å². The van der Waals surface area contributed by atoms with Crippen LogP contribution >= 0.6 is 11.6 Å². The van der Waals surface area contributed by atoms with Crippen LogP contribution in [-0.2, 0) is 0 Å². The molecule has 1 aromatic carbocycles. The van der Waals surface area contributed by atoms with Gasteiger partial charge in [0.25, 0.3) is 0 Å². The minimum atomic E-state index is 0.456. The van der Waals surface area contributed by atoms with Crippen molar-refractivity contribution in [3.8, 4) is 5.75 Å². The van der Waals surface area contributed by atoms with Gasteiger partial charge >= 0.3 is 0 Å². The number of carbonyl (C=O) groups excluding carboxylic acids is 1. The molecule has 1 rings (SSSR count). The summed E-state index contributed by atoms with van der Waals surface area (Å²) < 4.78 is 4.90. The zero-order chi connectivity index (χ0) is 8.27. The SMILES string of the molecule is CO[13c]1[13cH][13cH][13c]([13CH]=O)[13cH][13c]1Cl. The molecule has 1 aromatic rings. The fourth-order valence-corrected chi connectivity index (χ4v) is 1.02. The van der Waals surface area contributed by atoms with E-state index in [1.54, 1.807) is 18.2 Å². The highest BCUT2D eigenvalue weighted by Gasteiger charge is 1.99. The van der Waals surface area contributed by atoms with Gasteiger partial charge in [-0.3, -0.25) is 4.79 Å². The van der Waals surface area contributed by atoms with Gasteiger partial charge in [-0.05, 0) is 18.2 Å². The van der Waals surface area contributed by atoms with Crippen LogP contribution in [0.15, 0.2) is 18.2 Å². The van der Waals surface area contributed by atoms with Crippen LogP contribution in [-0.4, -0.2) is 13.4 Å². The topological polar surface area (TPSA) is 26.3 Å². The zero-order valence-corrected chi connectivity index (χ0v) is 6.76. The molecular weight excluding hydrogens is 170 g/mol. The first-order valence-electron chi connectivity index (χ1n) is 3.06. The molecule has 0 saturated heterocycles. The number of carbonyl (C=O) groups is 1. The normalized spacial score (nSPS) is 9.27. The second kappa shape index (κ2) is 3.39. The first-order chi connectivity index (χ1) is 5.27. The van der Waals surface area contributed by atoms with Crippen LogP contribution in [0.2, 0.25) is 5.02 Å². The van der Waals surface area contributed by atoms with E-state index in [1.165, 1.54) is 7.11 Å². The van der Waals surface area contributed by atoms with Gasteiger partial charge in [0.15, 0.2) is 0 Å². The Hall–Kier alpha value is -1.02. The van der Waals surface area contributed by atoms with E-state index in [0.717, 1.165) is 6.29 Å². The fraction of sp³-hybridized carbons (Fsp3) is 0.125. The van der Waals surface area contributed by atoms with Gasteiger partial charge in [-0.2, -0.15) is 0 Å². The maximum Gasteiger partial charge on any atom is 0.150 e. The van der Waals surface area contributed by atoms with E-state index in [0.29, 0.717) is 16.3 Å². The standard InChI is InChI=1S/C8H7ClO2/c1-11-8-3-2-6(5-10)4-7(8)9/h2-5H,1H3/i2+1,3+1,4+1,5+1,6+1,7+1,8+1. The van der Waals surface area contributed by atoms with Crippen molar-refractivity contribution in [2.45, 2.75) is 0 Å². The maximum absolute atomic E-state index is 10.3. The van der Waals surface area contributed by atoms with Gasteiger partial charge in [-0.15, -0.1) is 0 Å². The van der Waals surface area contributed by atoms with Crippen LogP contribution in [0.25, 0.3) is 0 Å². The summed E-state index contributed by atoms with van der Waals surface area (Å²) in [6, 6.07) is 4.87. The number of benzene rings is 1. The summed E-state index contributed by atoms with van der Waals surface area (Å²) in [4.78, 5) is 10.3. The molecule has 0 fully saturated rings. The molecule has 0 aliphatic heterocycles. The smallest absolute Gasteiger partial charge is 0.150 e. The molecule has 11 heavy (non-hydrogen) atoms. The summed E-state index contributed by atoms with van der Waals surface area (Å²) in [5.74, 6) is 0.581. The zero-order valence-electron chi connectivity index (χ0n) is 6.00. The summed E-state index contributed by atoms with van der Waals surface area (Å²) >= 11 is 5.72. The van der Waals surface area contributed by atoms with E-state index in [9.17, 15) is 4.79 Å². The molecule has 0 aromatic heterocycles. The summed E-state index contributed by atoms with van der Waals surface area (Å²) in [7, 11) is 1.53. The number of methoxy groups -OCH3 is 1. The highest BCUT2D eigenvalue weighted by atomic mass is 35.5. The monoisotopic (exact) mass is 177 g/mol. The first-order valence-corrected chi connectivity index (χ1v) is 3.44. The van der Waals surface area contributed by atoms with Crippen molar-refractivity contribution in [1.82, 2.24) is 0 Å². The minimum Gasteiger partial charge on any atom is -0.495 e. The summed E-state index contributed by atoms with van der Waals surface area (Å²) in [6.07, 6.45) is 0.741. The third-order valence-corrected chi connectivity index (χ3v) is 1.61. The molecule has 58 valence electrons. The third-order valence-electron chi connectivity index (χ3n) is 1.31. The van der Waals surface area contributed by atoms with E-state index >= 15 is 0 Å². The van der Waals surface area contributed by atoms with Crippen molar-refractivity contribution in [2.24, 2.45) is 0 Å². The lowest BCUT2D eigenvalue weighted by Gasteiger charge is -2.01. The van der Waals surface area contributed by atoms with Crippen molar-refractivity contribution in [3.63, 3.8) is 0 Å². The Labute approximate surface area is 69.7 Å². The molecule has 0 unspecified atom stereocenters. The molecule has 0 radical (unpaired) electrons. The molecule has 0 aliphatic carbocycles. The van der Waals surface area contributed by atoms with Crippen molar-refractivity contribution in [3.05, 3.63) is 28.8 Å². The lowest BCUT2D eigenvalue weighted by atomic mass is 11.2. The average Bonchev–Trinajstić information content (AvgIpc) is 2.04. The Kier molecular flexibility index (Phi) is 2.49. The predicted octanol–water partition coefficient (Wildman–Crippen LogP) is 2.16. The molecule has 3 heteroatoms. The van der Waals surface area contributed by atoms with Gasteiger partial charge < -0.3 is 4.74 Å². The Morgan fingerprint density at radius 3 is 2.73 bits per heavy atom. The van der Waals surface area contributed by atoms with Gasteiger partial charge in [0, 0.05) is 5.56 Å². The van der Waals surface area contributed by atoms with Crippen molar-refractivity contribution >= 4 is 17.9 Å². The van der Waals surface area contributed by atoms with E-state index in [1.807, 2.05) is 0 Å². The van der Waals surface area contributed by atoms with Crippen LogP contribution in [0.3, 0.4) is 0 Å². The molecule has 0 N–H and O–H groups in total. The predicted molar refractivity (Wildman–Crippen MR) is 43.4 cm³/mol. The number of hydrogen-bond donors (Lipinski definition) is 0.